The molecule has 1 aliphatic heterocycles. The van der Waals surface area contributed by atoms with Crippen LogP contribution in [0, 0.1) is 0 Å². The van der Waals surface area contributed by atoms with Crippen LogP contribution in [0.3, 0.4) is 0 Å². The summed E-state index contributed by atoms with van der Waals surface area (Å²) in [4.78, 5) is 42.3. The van der Waals surface area contributed by atoms with Gasteiger partial charge in [-0.2, -0.15) is 0 Å². The Morgan fingerprint density at radius 2 is 1.67 bits per heavy atom. The number of aromatic nitrogens is 2. The maximum atomic E-state index is 12.2. The first-order valence-electron chi connectivity index (χ1n) is 7.82. The van der Waals surface area contributed by atoms with Crippen molar-refractivity contribution in [2.24, 2.45) is 0 Å². The molecule has 2 heterocycles. The van der Waals surface area contributed by atoms with E-state index in [9.17, 15) is 14.4 Å². The van der Waals surface area contributed by atoms with Gasteiger partial charge in [0.15, 0.2) is 0 Å². The van der Waals surface area contributed by atoms with Gasteiger partial charge in [-0.1, -0.05) is 12.1 Å². The first kappa shape index (κ1) is 15.9. The van der Waals surface area contributed by atoms with Gasteiger partial charge in [0.2, 0.25) is 0 Å². The molecule has 0 saturated carbocycles. The van der Waals surface area contributed by atoms with Crippen molar-refractivity contribution in [3.05, 3.63) is 56.2 Å². The van der Waals surface area contributed by atoms with E-state index < -0.39 is 23.3 Å². The van der Waals surface area contributed by atoms with Crippen LogP contribution in [0.15, 0.2) is 33.9 Å². The summed E-state index contributed by atoms with van der Waals surface area (Å²) < 4.78 is 0. The molecule has 1 aromatic carbocycles. The normalized spacial score (nSPS) is 16.1. The zero-order valence-electron chi connectivity index (χ0n) is 13.5. The lowest BCUT2D eigenvalue weighted by atomic mass is 9.98. The fourth-order valence-electron chi connectivity index (χ4n) is 2.94. The van der Waals surface area contributed by atoms with Crippen LogP contribution in [0.4, 0.5) is 16.3 Å². The molecule has 4 N–H and O–H groups in total. The second-order valence-electron chi connectivity index (χ2n) is 5.49. The Bertz CT molecular complexity index is 865. The Hall–Kier alpha value is -3.03. The van der Waals surface area contributed by atoms with Gasteiger partial charge in [-0.25, -0.2) is 9.59 Å². The number of nitrogens with one attached hydrogen (secondary N) is 4. The van der Waals surface area contributed by atoms with Gasteiger partial charge in [-0.3, -0.25) is 20.1 Å². The number of carbonyl (C=O) groups excluding carboxylic acids is 1. The Kier molecular flexibility index (Phi) is 4.11. The predicted octanol–water partition coefficient (Wildman–Crippen LogP) is 1.13. The van der Waals surface area contributed by atoms with Crippen LogP contribution in [-0.2, 0) is 0 Å². The van der Waals surface area contributed by atoms with Crippen molar-refractivity contribution in [2.75, 3.05) is 23.3 Å². The van der Waals surface area contributed by atoms with Crippen LogP contribution in [0.5, 0.6) is 0 Å². The van der Waals surface area contributed by atoms with Gasteiger partial charge < -0.3 is 10.2 Å². The van der Waals surface area contributed by atoms with Crippen LogP contribution >= 0.6 is 0 Å². The molecule has 24 heavy (non-hydrogen) atoms. The third kappa shape index (κ3) is 2.78. The number of anilines is 2. The highest BCUT2D eigenvalue weighted by Gasteiger charge is 2.29. The summed E-state index contributed by atoms with van der Waals surface area (Å²) in [6.07, 6.45) is 0. The summed E-state index contributed by atoms with van der Waals surface area (Å²) in [5, 5.41) is 5.18. The number of nitrogens with zero attached hydrogens (tertiary/aromatic N) is 1. The maximum absolute atomic E-state index is 12.2. The van der Waals surface area contributed by atoms with E-state index in [1.54, 1.807) is 0 Å². The number of carbonyl (C=O) groups is 1. The second kappa shape index (κ2) is 6.23. The third-order valence-corrected chi connectivity index (χ3v) is 4.14. The summed E-state index contributed by atoms with van der Waals surface area (Å²) in [7, 11) is 0. The molecule has 8 heteroatoms. The van der Waals surface area contributed by atoms with Gasteiger partial charge in [0, 0.05) is 18.8 Å². The minimum absolute atomic E-state index is 0.130. The number of aromatic amines is 2. The predicted molar refractivity (Wildman–Crippen MR) is 91.7 cm³/mol. The fraction of sp³-hybridized carbons (Fsp3) is 0.312. The number of hydrogen-bond acceptors (Lipinski definition) is 4. The van der Waals surface area contributed by atoms with Crippen molar-refractivity contribution in [1.82, 2.24) is 15.3 Å². The minimum atomic E-state index is -0.656. The molecule has 0 aliphatic carbocycles. The van der Waals surface area contributed by atoms with Gasteiger partial charge in [0.05, 0.1) is 11.6 Å². The van der Waals surface area contributed by atoms with Gasteiger partial charge in [0.25, 0.3) is 5.56 Å². The highest BCUT2D eigenvalue weighted by molar-refractivity contribution is 5.92. The molecular formula is C16H19N5O3. The molecular weight excluding hydrogens is 310 g/mol. The molecule has 0 bridgehead atoms. The number of urea groups is 1. The number of benzene rings is 1. The first-order valence-corrected chi connectivity index (χ1v) is 7.82. The Morgan fingerprint density at radius 1 is 1.00 bits per heavy atom. The van der Waals surface area contributed by atoms with E-state index in [-0.39, 0.29) is 11.4 Å². The van der Waals surface area contributed by atoms with Crippen LogP contribution < -0.4 is 26.8 Å². The molecule has 126 valence electrons. The Morgan fingerprint density at radius 3 is 2.29 bits per heavy atom. The molecule has 1 aromatic heterocycles. The van der Waals surface area contributed by atoms with Crippen LogP contribution in [0.2, 0.25) is 0 Å². The van der Waals surface area contributed by atoms with Crippen LogP contribution in [0.25, 0.3) is 0 Å². The van der Waals surface area contributed by atoms with E-state index in [1.165, 1.54) is 0 Å². The summed E-state index contributed by atoms with van der Waals surface area (Å²) >= 11 is 0. The van der Waals surface area contributed by atoms with E-state index >= 15 is 0 Å². The smallest absolute Gasteiger partial charge is 0.327 e. The lowest BCUT2D eigenvalue weighted by molar-refractivity contribution is 0.248. The van der Waals surface area contributed by atoms with E-state index in [1.807, 2.05) is 24.3 Å². The van der Waals surface area contributed by atoms with Gasteiger partial charge in [-0.15, -0.1) is 0 Å². The quantitative estimate of drug-likeness (QED) is 0.674. The summed E-state index contributed by atoms with van der Waals surface area (Å²) in [6, 6.07) is 6.56. The second-order valence-corrected chi connectivity index (χ2v) is 5.49. The van der Waals surface area contributed by atoms with Crippen molar-refractivity contribution in [1.29, 1.82) is 0 Å². The van der Waals surface area contributed by atoms with Crippen molar-refractivity contribution in [2.45, 2.75) is 19.9 Å². The zero-order valence-corrected chi connectivity index (χ0v) is 13.5. The number of rotatable bonds is 4. The number of H-pyrrole nitrogens is 2. The van der Waals surface area contributed by atoms with Gasteiger partial charge in [-0.05, 0) is 31.5 Å². The topological polar surface area (TPSA) is 110 Å². The molecule has 0 spiro atoms. The standard InChI is InChI=1S/C16H19N5O3/c1-3-21(4-2)10-7-5-9(6-8-10)12-11-13(18-15(23)17-12)19-16(24)20-14(11)22/h5-8,12H,3-4H2,1-2H3,(H4,17,18,19,20,22,23,24). The van der Waals surface area contributed by atoms with Crippen molar-refractivity contribution in [3.8, 4) is 0 Å². The number of fused-ring (bicyclic) bond motifs is 1. The maximum Gasteiger partial charge on any atom is 0.327 e. The summed E-state index contributed by atoms with van der Waals surface area (Å²) in [6.45, 7) is 5.94. The summed E-state index contributed by atoms with van der Waals surface area (Å²) in [5.41, 5.74) is 0.930. The average Bonchev–Trinajstić information content (AvgIpc) is 2.55. The molecule has 8 nitrogen and oxygen atoms in total. The Labute approximate surface area is 137 Å². The number of hydrogen-bond donors (Lipinski definition) is 4. The molecule has 0 saturated heterocycles. The lowest BCUT2D eigenvalue weighted by Gasteiger charge is -2.27. The monoisotopic (exact) mass is 329 g/mol. The third-order valence-electron chi connectivity index (χ3n) is 4.14. The molecule has 2 aromatic rings. The van der Waals surface area contributed by atoms with Crippen LogP contribution in [-0.4, -0.2) is 29.1 Å². The largest absolute Gasteiger partial charge is 0.372 e. The summed E-state index contributed by atoms with van der Waals surface area (Å²) in [5.74, 6) is 0.130. The zero-order chi connectivity index (χ0) is 17.3. The van der Waals surface area contributed by atoms with E-state index in [4.69, 9.17) is 0 Å². The molecule has 1 unspecified atom stereocenters. The van der Waals surface area contributed by atoms with Crippen molar-refractivity contribution < 1.29 is 4.79 Å². The fourth-order valence-corrected chi connectivity index (χ4v) is 2.94. The molecule has 1 aliphatic rings. The van der Waals surface area contributed by atoms with Gasteiger partial charge in [0.1, 0.15) is 5.82 Å². The average molecular weight is 329 g/mol. The van der Waals surface area contributed by atoms with E-state index in [0.717, 1.165) is 24.3 Å². The first-order chi connectivity index (χ1) is 11.5. The minimum Gasteiger partial charge on any atom is -0.372 e. The van der Waals surface area contributed by atoms with Crippen molar-refractivity contribution >= 4 is 17.5 Å². The molecule has 0 radical (unpaired) electrons. The Balaban J connectivity index is 2.03. The SMILES string of the molecule is CCN(CC)c1ccc(C2NC(=O)Nc3[nH]c(=O)[nH]c(=O)c32)cc1. The van der Waals surface area contributed by atoms with Crippen LogP contribution in [0.1, 0.15) is 31.0 Å². The van der Waals surface area contributed by atoms with E-state index in [0.29, 0.717) is 0 Å². The highest BCUT2D eigenvalue weighted by atomic mass is 16.2. The van der Waals surface area contributed by atoms with E-state index in [2.05, 4.69) is 39.3 Å². The lowest BCUT2D eigenvalue weighted by Crippen LogP contribution is -2.44. The molecule has 3 rings (SSSR count). The molecule has 2 amide bonds. The number of amides is 2. The highest BCUT2D eigenvalue weighted by Crippen LogP contribution is 2.28. The molecule has 0 fully saturated rings. The van der Waals surface area contributed by atoms with Crippen molar-refractivity contribution in [3.63, 3.8) is 0 Å². The van der Waals surface area contributed by atoms with Gasteiger partial charge >= 0.3 is 11.7 Å². The molecule has 1 atom stereocenters.